The second kappa shape index (κ2) is 5.27. The second-order valence-corrected chi connectivity index (χ2v) is 7.23. The fraction of sp³-hybridized carbons (Fsp3) is 1.00. The van der Waals surface area contributed by atoms with Crippen LogP contribution in [0.25, 0.3) is 0 Å². The first-order valence-electron chi connectivity index (χ1n) is 7.04. The standard InChI is InChI=1S/C15H31NO/c1-8-17-13-9-12(15(13,6)7)16-10-11(2)14(3,4)5/h11-13,16H,8-10H2,1-7H3. The van der Waals surface area contributed by atoms with Gasteiger partial charge in [0.1, 0.15) is 0 Å². The Bertz CT molecular complexity index is 242. The first-order chi connectivity index (χ1) is 7.69. The molecule has 3 atom stereocenters. The largest absolute Gasteiger partial charge is 0.378 e. The van der Waals surface area contributed by atoms with Crippen LogP contribution in [0, 0.1) is 16.7 Å². The Morgan fingerprint density at radius 1 is 1.35 bits per heavy atom. The topological polar surface area (TPSA) is 21.3 Å². The molecule has 0 aromatic rings. The van der Waals surface area contributed by atoms with E-state index in [0.717, 1.165) is 19.6 Å². The van der Waals surface area contributed by atoms with Gasteiger partial charge in [0.15, 0.2) is 0 Å². The van der Waals surface area contributed by atoms with Gasteiger partial charge in [-0.2, -0.15) is 0 Å². The molecule has 1 saturated carbocycles. The van der Waals surface area contributed by atoms with Gasteiger partial charge < -0.3 is 10.1 Å². The molecule has 1 aliphatic carbocycles. The molecule has 1 rings (SSSR count). The van der Waals surface area contributed by atoms with Gasteiger partial charge in [0, 0.05) is 18.1 Å². The minimum atomic E-state index is 0.285. The van der Waals surface area contributed by atoms with E-state index in [0.29, 0.717) is 23.5 Å². The Morgan fingerprint density at radius 2 is 1.94 bits per heavy atom. The van der Waals surface area contributed by atoms with Crippen LogP contribution in [0.4, 0.5) is 0 Å². The number of ether oxygens (including phenoxy) is 1. The van der Waals surface area contributed by atoms with Crippen molar-refractivity contribution in [2.45, 2.75) is 67.0 Å². The first kappa shape index (κ1) is 15.0. The van der Waals surface area contributed by atoms with Gasteiger partial charge in [-0.15, -0.1) is 0 Å². The van der Waals surface area contributed by atoms with Gasteiger partial charge in [0.25, 0.3) is 0 Å². The van der Waals surface area contributed by atoms with Gasteiger partial charge in [-0.3, -0.25) is 0 Å². The van der Waals surface area contributed by atoms with E-state index in [1.54, 1.807) is 0 Å². The molecule has 0 saturated heterocycles. The molecule has 1 N–H and O–H groups in total. The molecule has 0 bridgehead atoms. The third kappa shape index (κ3) is 3.45. The van der Waals surface area contributed by atoms with Crippen LogP contribution in [-0.2, 0) is 4.74 Å². The molecule has 17 heavy (non-hydrogen) atoms. The molecule has 1 aliphatic rings. The van der Waals surface area contributed by atoms with Crippen molar-refractivity contribution < 1.29 is 4.74 Å². The highest BCUT2D eigenvalue weighted by molar-refractivity contribution is 5.02. The highest BCUT2D eigenvalue weighted by Crippen LogP contribution is 2.43. The Balaban J connectivity index is 2.36. The first-order valence-corrected chi connectivity index (χ1v) is 7.04. The molecule has 0 heterocycles. The van der Waals surface area contributed by atoms with E-state index in [-0.39, 0.29) is 5.41 Å². The van der Waals surface area contributed by atoms with Crippen molar-refractivity contribution in [3.05, 3.63) is 0 Å². The number of hydrogen-bond acceptors (Lipinski definition) is 2. The number of rotatable bonds is 5. The Hall–Kier alpha value is -0.0800. The van der Waals surface area contributed by atoms with E-state index in [2.05, 4.69) is 53.8 Å². The molecule has 0 amide bonds. The highest BCUT2D eigenvalue weighted by atomic mass is 16.5. The van der Waals surface area contributed by atoms with Gasteiger partial charge in [-0.1, -0.05) is 41.5 Å². The van der Waals surface area contributed by atoms with Gasteiger partial charge in [-0.05, 0) is 31.2 Å². The van der Waals surface area contributed by atoms with E-state index in [1.807, 2.05) is 0 Å². The van der Waals surface area contributed by atoms with Crippen LogP contribution in [0.1, 0.15) is 54.9 Å². The summed E-state index contributed by atoms with van der Waals surface area (Å²) in [5, 5.41) is 3.72. The predicted molar refractivity (Wildman–Crippen MR) is 74.2 cm³/mol. The SMILES string of the molecule is CCOC1CC(NCC(C)C(C)(C)C)C1(C)C. The molecule has 102 valence electrons. The van der Waals surface area contributed by atoms with Gasteiger partial charge in [0.2, 0.25) is 0 Å². The average molecular weight is 241 g/mol. The summed E-state index contributed by atoms with van der Waals surface area (Å²) in [6.45, 7) is 17.9. The normalized spacial score (nSPS) is 29.8. The number of nitrogens with one attached hydrogen (secondary N) is 1. The molecule has 0 aliphatic heterocycles. The molecule has 0 radical (unpaired) electrons. The molecule has 0 aromatic heterocycles. The molecule has 2 heteroatoms. The van der Waals surface area contributed by atoms with Crippen LogP contribution in [0.15, 0.2) is 0 Å². The van der Waals surface area contributed by atoms with Crippen LogP contribution in [0.5, 0.6) is 0 Å². The maximum atomic E-state index is 5.76. The molecule has 0 aromatic carbocycles. The lowest BCUT2D eigenvalue weighted by Crippen LogP contribution is -2.61. The predicted octanol–water partition coefficient (Wildman–Crippen LogP) is 3.46. The molecule has 3 unspecified atom stereocenters. The lowest BCUT2D eigenvalue weighted by Gasteiger charge is -2.52. The fourth-order valence-corrected chi connectivity index (χ4v) is 2.34. The molecular weight excluding hydrogens is 210 g/mol. The lowest BCUT2D eigenvalue weighted by atomic mass is 9.64. The van der Waals surface area contributed by atoms with Crippen LogP contribution >= 0.6 is 0 Å². The fourth-order valence-electron chi connectivity index (χ4n) is 2.34. The summed E-state index contributed by atoms with van der Waals surface area (Å²) >= 11 is 0. The Kier molecular flexibility index (Phi) is 4.65. The van der Waals surface area contributed by atoms with Crippen molar-refractivity contribution in [2.75, 3.05) is 13.2 Å². The maximum absolute atomic E-state index is 5.76. The molecular formula is C15H31NO. The molecule has 0 spiro atoms. The Morgan fingerprint density at radius 3 is 2.35 bits per heavy atom. The number of hydrogen-bond donors (Lipinski definition) is 1. The van der Waals surface area contributed by atoms with Crippen molar-refractivity contribution in [2.24, 2.45) is 16.7 Å². The van der Waals surface area contributed by atoms with Crippen molar-refractivity contribution in [1.82, 2.24) is 5.32 Å². The molecule has 2 nitrogen and oxygen atoms in total. The monoisotopic (exact) mass is 241 g/mol. The van der Waals surface area contributed by atoms with Crippen molar-refractivity contribution in [1.29, 1.82) is 0 Å². The van der Waals surface area contributed by atoms with Crippen molar-refractivity contribution >= 4 is 0 Å². The minimum Gasteiger partial charge on any atom is -0.378 e. The summed E-state index contributed by atoms with van der Waals surface area (Å²) in [7, 11) is 0. The summed E-state index contributed by atoms with van der Waals surface area (Å²) in [5.41, 5.74) is 0.674. The van der Waals surface area contributed by atoms with Crippen LogP contribution in [0.2, 0.25) is 0 Å². The van der Waals surface area contributed by atoms with Gasteiger partial charge in [0.05, 0.1) is 6.10 Å². The maximum Gasteiger partial charge on any atom is 0.0655 e. The zero-order valence-corrected chi connectivity index (χ0v) is 12.8. The van der Waals surface area contributed by atoms with Crippen molar-refractivity contribution in [3.8, 4) is 0 Å². The minimum absolute atomic E-state index is 0.285. The smallest absolute Gasteiger partial charge is 0.0655 e. The van der Waals surface area contributed by atoms with E-state index in [4.69, 9.17) is 4.74 Å². The third-order valence-electron chi connectivity index (χ3n) is 4.69. The van der Waals surface area contributed by atoms with Crippen LogP contribution in [0.3, 0.4) is 0 Å². The summed E-state index contributed by atoms with van der Waals surface area (Å²) in [4.78, 5) is 0. The van der Waals surface area contributed by atoms with Crippen LogP contribution < -0.4 is 5.32 Å². The second-order valence-electron chi connectivity index (χ2n) is 7.23. The summed E-state index contributed by atoms with van der Waals surface area (Å²) in [5.74, 6) is 0.699. The average Bonchev–Trinajstić information content (AvgIpc) is 2.20. The highest BCUT2D eigenvalue weighted by Gasteiger charge is 2.48. The lowest BCUT2D eigenvalue weighted by molar-refractivity contribution is -0.115. The van der Waals surface area contributed by atoms with E-state index >= 15 is 0 Å². The van der Waals surface area contributed by atoms with Crippen LogP contribution in [-0.4, -0.2) is 25.3 Å². The van der Waals surface area contributed by atoms with E-state index < -0.39 is 0 Å². The quantitative estimate of drug-likeness (QED) is 0.796. The van der Waals surface area contributed by atoms with Gasteiger partial charge in [-0.25, -0.2) is 0 Å². The molecule has 1 fully saturated rings. The van der Waals surface area contributed by atoms with Gasteiger partial charge >= 0.3 is 0 Å². The zero-order chi connectivity index (χ0) is 13.3. The van der Waals surface area contributed by atoms with E-state index in [1.165, 1.54) is 0 Å². The summed E-state index contributed by atoms with van der Waals surface area (Å²) < 4.78 is 5.76. The third-order valence-corrected chi connectivity index (χ3v) is 4.69. The summed E-state index contributed by atoms with van der Waals surface area (Å²) in [6.07, 6.45) is 1.60. The van der Waals surface area contributed by atoms with Crippen molar-refractivity contribution in [3.63, 3.8) is 0 Å². The summed E-state index contributed by atoms with van der Waals surface area (Å²) in [6, 6.07) is 0.615. The Labute approximate surface area is 108 Å². The van der Waals surface area contributed by atoms with E-state index in [9.17, 15) is 0 Å². The zero-order valence-electron chi connectivity index (χ0n) is 12.8.